The number of carbonyl (C=O) groups is 1. The normalized spacial score (nSPS) is 16.6. The number of halogens is 3. The van der Waals surface area contributed by atoms with Gasteiger partial charge in [0.25, 0.3) is 11.6 Å². The average Bonchev–Trinajstić information content (AvgIpc) is 3.55. The molecule has 1 aromatic carbocycles. The standard InChI is InChI=1S/C23H19F3N4O2S/c1-13-20-17(22(31)30-7-5-14(12-30)9-19-27-6-8-33-19)11-18(28-21(20)32-29-13)15-3-2-4-16(10-15)23(24,25)26/h2-4,6,8,10-11,14H,5,7,9,12H2,1H3. The van der Waals surface area contributed by atoms with E-state index in [-0.39, 0.29) is 22.9 Å². The first-order valence-corrected chi connectivity index (χ1v) is 11.3. The fourth-order valence-electron chi connectivity index (χ4n) is 4.22. The maximum atomic E-state index is 13.5. The van der Waals surface area contributed by atoms with Gasteiger partial charge in [0, 0.05) is 36.7 Å². The van der Waals surface area contributed by atoms with Crippen molar-refractivity contribution < 1.29 is 22.5 Å². The number of benzene rings is 1. The smallest absolute Gasteiger partial charge is 0.338 e. The largest absolute Gasteiger partial charge is 0.416 e. The number of likely N-dealkylation sites (tertiary alicyclic amines) is 1. The minimum Gasteiger partial charge on any atom is -0.338 e. The Morgan fingerprint density at radius 3 is 2.91 bits per heavy atom. The van der Waals surface area contributed by atoms with E-state index in [9.17, 15) is 18.0 Å². The van der Waals surface area contributed by atoms with Gasteiger partial charge >= 0.3 is 6.18 Å². The molecule has 0 spiro atoms. The summed E-state index contributed by atoms with van der Waals surface area (Å²) >= 11 is 1.60. The molecule has 0 radical (unpaired) electrons. The lowest BCUT2D eigenvalue weighted by Gasteiger charge is -2.17. The molecule has 1 saturated heterocycles. The fraction of sp³-hybridized carbons (Fsp3) is 0.304. The van der Waals surface area contributed by atoms with Crippen molar-refractivity contribution in [2.24, 2.45) is 5.92 Å². The van der Waals surface area contributed by atoms with Crippen LogP contribution in [-0.4, -0.2) is 39.0 Å². The Morgan fingerprint density at radius 2 is 2.15 bits per heavy atom. The second-order valence-electron chi connectivity index (χ2n) is 8.12. The number of pyridine rings is 1. The summed E-state index contributed by atoms with van der Waals surface area (Å²) in [5, 5.41) is 7.39. The molecule has 0 aliphatic carbocycles. The van der Waals surface area contributed by atoms with Gasteiger partial charge in [-0.3, -0.25) is 4.79 Å². The Bertz CT molecular complexity index is 1320. The van der Waals surface area contributed by atoms with Crippen LogP contribution in [0.3, 0.4) is 0 Å². The van der Waals surface area contributed by atoms with E-state index < -0.39 is 11.7 Å². The van der Waals surface area contributed by atoms with Gasteiger partial charge in [0.1, 0.15) is 0 Å². The zero-order valence-corrected chi connectivity index (χ0v) is 18.4. The summed E-state index contributed by atoms with van der Waals surface area (Å²) in [6.45, 7) is 2.90. The number of rotatable bonds is 4. The molecule has 1 atom stereocenters. The fourth-order valence-corrected chi connectivity index (χ4v) is 4.95. The molecule has 170 valence electrons. The van der Waals surface area contributed by atoms with Gasteiger partial charge in [-0.25, -0.2) is 9.97 Å². The van der Waals surface area contributed by atoms with Gasteiger partial charge in [-0.1, -0.05) is 17.3 Å². The van der Waals surface area contributed by atoms with Crippen molar-refractivity contribution in [3.63, 3.8) is 0 Å². The summed E-state index contributed by atoms with van der Waals surface area (Å²) in [4.78, 5) is 24.0. The molecule has 1 aliphatic heterocycles. The SMILES string of the molecule is Cc1noc2nc(-c3cccc(C(F)(F)F)c3)cc(C(=O)N3CCC(Cc4nccs4)C3)c12. The molecule has 0 bridgehead atoms. The zero-order chi connectivity index (χ0) is 23.2. The number of alkyl halides is 3. The minimum absolute atomic E-state index is 0.129. The van der Waals surface area contributed by atoms with Crippen LogP contribution >= 0.6 is 11.3 Å². The number of hydrogen-bond acceptors (Lipinski definition) is 6. The molecule has 1 unspecified atom stereocenters. The van der Waals surface area contributed by atoms with Crippen molar-refractivity contribution in [1.29, 1.82) is 0 Å². The Hall–Kier alpha value is -3.27. The summed E-state index contributed by atoms with van der Waals surface area (Å²) in [6, 6.07) is 6.41. The van der Waals surface area contributed by atoms with Gasteiger partial charge in [-0.2, -0.15) is 13.2 Å². The highest BCUT2D eigenvalue weighted by atomic mass is 32.1. The van der Waals surface area contributed by atoms with Crippen molar-refractivity contribution in [3.8, 4) is 11.3 Å². The number of aromatic nitrogens is 3. The van der Waals surface area contributed by atoms with E-state index in [1.807, 2.05) is 5.38 Å². The summed E-state index contributed by atoms with van der Waals surface area (Å²) < 4.78 is 44.9. The number of amides is 1. The molecule has 1 fully saturated rings. The molecule has 10 heteroatoms. The van der Waals surface area contributed by atoms with Crippen LogP contribution in [0.2, 0.25) is 0 Å². The molecular weight excluding hydrogens is 453 g/mol. The lowest BCUT2D eigenvalue weighted by Crippen LogP contribution is -2.29. The van der Waals surface area contributed by atoms with Crippen molar-refractivity contribution in [1.82, 2.24) is 20.0 Å². The maximum absolute atomic E-state index is 13.5. The van der Waals surface area contributed by atoms with Gasteiger partial charge in [0.2, 0.25) is 0 Å². The molecule has 4 aromatic rings. The van der Waals surface area contributed by atoms with Crippen LogP contribution in [-0.2, 0) is 12.6 Å². The Labute approximate surface area is 191 Å². The van der Waals surface area contributed by atoms with Crippen LogP contribution in [0, 0.1) is 12.8 Å². The third-order valence-corrected chi connectivity index (χ3v) is 6.65. The van der Waals surface area contributed by atoms with Crippen LogP contribution in [0.1, 0.15) is 33.0 Å². The van der Waals surface area contributed by atoms with Gasteiger partial charge in [0.05, 0.1) is 32.9 Å². The Kier molecular flexibility index (Phi) is 5.40. The van der Waals surface area contributed by atoms with E-state index in [4.69, 9.17) is 4.52 Å². The number of aryl methyl sites for hydroxylation is 1. The molecule has 6 nitrogen and oxygen atoms in total. The quantitative estimate of drug-likeness (QED) is 0.399. The van der Waals surface area contributed by atoms with E-state index in [0.29, 0.717) is 35.7 Å². The van der Waals surface area contributed by atoms with Crippen LogP contribution < -0.4 is 0 Å². The predicted molar refractivity (Wildman–Crippen MR) is 117 cm³/mol. The highest BCUT2D eigenvalue weighted by Crippen LogP contribution is 2.34. The number of thiazole rings is 1. The lowest BCUT2D eigenvalue weighted by molar-refractivity contribution is -0.137. The van der Waals surface area contributed by atoms with Gasteiger partial charge < -0.3 is 9.42 Å². The first-order chi connectivity index (χ1) is 15.8. The number of hydrogen-bond donors (Lipinski definition) is 0. The third kappa shape index (κ3) is 4.22. The summed E-state index contributed by atoms with van der Waals surface area (Å²) in [7, 11) is 0. The highest BCUT2D eigenvalue weighted by molar-refractivity contribution is 7.09. The number of nitrogens with zero attached hydrogens (tertiary/aromatic N) is 4. The molecular formula is C23H19F3N4O2S. The van der Waals surface area contributed by atoms with Crippen molar-refractivity contribution in [3.05, 3.63) is 63.7 Å². The van der Waals surface area contributed by atoms with Crippen LogP contribution in [0.4, 0.5) is 13.2 Å². The lowest BCUT2D eigenvalue weighted by atomic mass is 10.0. The Morgan fingerprint density at radius 1 is 1.30 bits per heavy atom. The summed E-state index contributed by atoms with van der Waals surface area (Å²) in [5.74, 6) is 0.104. The molecule has 3 aromatic heterocycles. The molecule has 4 heterocycles. The van der Waals surface area contributed by atoms with Crippen molar-refractivity contribution in [2.45, 2.75) is 25.9 Å². The van der Waals surface area contributed by atoms with Crippen molar-refractivity contribution in [2.75, 3.05) is 13.1 Å². The first kappa shape index (κ1) is 21.6. The van der Waals surface area contributed by atoms with Gasteiger partial charge in [0.15, 0.2) is 0 Å². The van der Waals surface area contributed by atoms with Crippen molar-refractivity contribution >= 4 is 28.3 Å². The molecule has 33 heavy (non-hydrogen) atoms. The monoisotopic (exact) mass is 472 g/mol. The summed E-state index contributed by atoms with van der Waals surface area (Å²) in [6.07, 6.45) is -1.03. The number of fused-ring (bicyclic) bond motifs is 1. The van der Waals surface area contributed by atoms with Gasteiger partial charge in [-0.15, -0.1) is 11.3 Å². The summed E-state index contributed by atoms with van der Waals surface area (Å²) in [5.41, 5.74) is 0.665. The maximum Gasteiger partial charge on any atom is 0.416 e. The van der Waals surface area contributed by atoms with E-state index in [1.54, 1.807) is 35.4 Å². The second-order valence-corrected chi connectivity index (χ2v) is 9.10. The molecule has 1 amide bonds. The van der Waals surface area contributed by atoms with Crippen LogP contribution in [0.5, 0.6) is 0 Å². The van der Waals surface area contributed by atoms with E-state index in [0.717, 1.165) is 30.0 Å². The zero-order valence-electron chi connectivity index (χ0n) is 17.6. The second kappa shape index (κ2) is 8.26. The predicted octanol–water partition coefficient (Wildman–Crippen LogP) is 5.38. The van der Waals surface area contributed by atoms with Crippen LogP contribution in [0.25, 0.3) is 22.4 Å². The first-order valence-electron chi connectivity index (χ1n) is 10.4. The third-order valence-electron chi connectivity index (χ3n) is 5.85. The molecule has 0 N–H and O–H groups in total. The molecule has 0 saturated carbocycles. The topological polar surface area (TPSA) is 72.1 Å². The number of carbonyl (C=O) groups excluding carboxylic acids is 1. The van der Waals surface area contributed by atoms with Crippen LogP contribution in [0.15, 0.2) is 46.4 Å². The Balaban J connectivity index is 1.49. The van der Waals surface area contributed by atoms with E-state index in [2.05, 4.69) is 15.1 Å². The average molecular weight is 472 g/mol. The molecule has 5 rings (SSSR count). The highest BCUT2D eigenvalue weighted by Gasteiger charge is 2.32. The van der Waals surface area contributed by atoms with E-state index in [1.165, 1.54) is 12.1 Å². The minimum atomic E-state index is -4.48. The van der Waals surface area contributed by atoms with Gasteiger partial charge in [-0.05, 0) is 37.5 Å². The van der Waals surface area contributed by atoms with E-state index >= 15 is 0 Å². The molecule has 1 aliphatic rings.